The molecule has 0 saturated heterocycles. The lowest BCUT2D eigenvalue weighted by Crippen LogP contribution is -2.13. The normalized spacial score (nSPS) is 10.0. The summed E-state index contributed by atoms with van der Waals surface area (Å²) in [6.07, 6.45) is 2.13. The Morgan fingerprint density at radius 3 is 2.67 bits per heavy atom. The first-order chi connectivity index (χ1) is 5.66. The van der Waals surface area contributed by atoms with E-state index >= 15 is 0 Å². The molecule has 0 spiro atoms. The number of carbonyl (C=O) groups excluding carboxylic acids is 1. The topological polar surface area (TPSA) is 35.5 Å². The lowest BCUT2D eigenvalue weighted by atomic mass is 10.3. The van der Waals surface area contributed by atoms with E-state index in [4.69, 9.17) is 4.74 Å². The maximum absolute atomic E-state index is 10.7. The Labute approximate surface area is 74.0 Å². The zero-order chi connectivity index (χ0) is 9.40. The second-order valence-corrected chi connectivity index (χ2v) is 2.73. The van der Waals surface area contributed by atoms with Crippen LogP contribution in [0.3, 0.4) is 0 Å². The van der Waals surface area contributed by atoms with Crippen LogP contribution in [0.1, 0.15) is 33.1 Å². The van der Waals surface area contributed by atoms with Gasteiger partial charge in [0.2, 0.25) is 0 Å². The molecule has 0 saturated carbocycles. The summed E-state index contributed by atoms with van der Waals surface area (Å²) in [5.74, 6) is 0. The van der Waals surface area contributed by atoms with Crippen LogP contribution in [0.4, 0.5) is 4.79 Å². The lowest BCUT2D eigenvalue weighted by molar-refractivity contribution is 0.0403. The fraction of sp³-hybridized carbons (Fsp3) is 0.778. The molecule has 0 N–H and O–H groups in total. The van der Waals surface area contributed by atoms with Gasteiger partial charge in [-0.15, -0.1) is 0 Å². The highest BCUT2D eigenvalue weighted by Crippen LogP contribution is 1.97. The molecule has 1 atom stereocenters. The Morgan fingerprint density at radius 2 is 2.17 bits per heavy atom. The Hall–Kier alpha value is -0.730. The maximum atomic E-state index is 10.7. The van der Waals surface area contributed by atoms with Crippen molar-refractivity contribution in [2.45, 2.75) is 39.2 Å². The molecule has 1 unspecified atom stereocenters. The van der Waals surface area contributed by atoms with Gasteiger partial charge in [-0.1, -0.05) is 19.8 Å². The monoisotopic (exact) mass is 173 g/mol. The van der Waals surface area contributed by atoms with E-state index in [0.717, 1.165) is 19.3 Å². The predicted octanol–water partition coefficient (Wildman–Crippen LogP) is 2.55. The number of hydrogen-bond donors (Lipinski definition) is 0. The minimum absolute atomic E-state index is 0.344. The van der Waals surface area contributed by atoms with Gasteiger partial charge >= 0.3 is 6.16 Å². The molecule has 0 fully saturated rings. The molecular weight excluding hydrogens is 156 g/mol. The third-order valence-corrected chi connectivity index (χ3v) is 1.27. The van der Waals surface area contributed by atoms with Crippen LogP contribution in [0.2, 0.25) is 0 Å². The molecule has 0 aromatic carbocycles. The van der Waals surface area contributed by atoms with Gasteiger partial charge in [0.1, 0.15) is 6.10 Å². The third-order valence-electron chi connectivity index (χ3n) is 1.27. The first-order valence-electron chi connectivity index (χ1n) is 4.33. The van der Waals surface area contributed by atoms with Gasteiger partial charge in [-0.05, 0) is 20.3 Å². The lowest BCUT2D eigenvalue weighted by Gasteiger charge is -2.07. The van der Waals surface area contributed by atoms with Crippen LogP contribution in [0.5, 0.6) is 0 Å². The zero-order valence-electron chi connectivity index (χ0n) is 7.84. The summed E-state index contributed by atoms with van der Waals surface area (Å²) in [5.41, 5.74) is 0. The Bertz CT molecular complexity index is 121. The molecule has 0 aromatic heterocycles. The molecular formula is C9H17O3. The molecule has 3 heteroatoms. The average molecular weight is 173 g/mol. The van der Waals surface area contributed by atoms with Gasteiger partial charge in [-0.2, -0.15) is 0 Å². The van der Waals surface area contributed by atoms with E-state index in [0.29, 0.717) is 6.61 Å². The number of unbranched alkanes of at least 4 members (excludes halogenated alkanes) is 2. The summed E-state index contributed by atoms with van der Waals surface area (Å²) >= 11 is 0. The Kier molecular flexibility index (Phi) is 6.53. The van der Waals surface area contributed by atoms with Crippen molar-refractivity contribution in [3.63, 3.8) is 0 Å². The van der Waals surface area contributed by atoms with Crippen molar-refractivity contribution in [3.05, 3.63) is 6.92 Å². The number of hydrogen-bond acceptors (Lipinski definition) is 3. The summed E-state index contributed by atoms with van der Waals surface area (Å²) < 4.78 is 9.41. The summed E-state index contributed by atoms with van der Waals surface area (Å²) in [5, 5.41) is 0. The molecule has 0 aliphatic rings. The van der Waals surface area contributed by atoms with Crippen molar-refractivity contribution >= 4 is 6.16 Å². The molecule has 0 bridgehead atoms. The van der Waals surface area contributed by atoms with Crippen LogP contribution >= 0.6 is 0 Å². The molecule has 0 aliphatic carbocycles. The molecule has 0 aliphatic heterocycles. The first-order valence-corrected chi connectivity index (χ1v) is 4.33. The van der Waals surface area contributed by atoms with Crippen molar-refractivity contribution in [2.75, 3.05) is 6.61 Å². The van der Waals surface area contributed by atoms with Gasteiger partial charge in [0.25, 0.3) is 0 Å². The van der Waals surface area contributed by atoms with Crippen molar-refractivity contribution in [2.24, 2.45) is 0 Å². The van der Waals surface area contributed by atoms with Gasteiger partial charge in [0, 0.05) is 0 Å². The maximum Gasteiger partial charge on any atom is 0.508 e. The molecule has 71 valence electrons. The van der Waals surface area contributed by atoms with Gasteiger partial charge in [-0.3, -0.25) is 0 Å². The minimum atomic E-state index is -0.617. The highest BCUT2D eigenvalue weighted by atomic mass is 16.7. The second kappa shape index (κ2) is 6.95. The van der Waals surface area contributed by atoms with E-state index in [1.54, 1.807) is 6.92 Å². The van der Waals surface area contributed by atoms with E-state index in [1.807, 2.05) is 0 Å². The van der Waals surface area contributed by atoms with E-state index in [1.165, 1.54) is 0 Å². The summed E-state index contributed by atoms with van der Waals surface area (Å²) in [7, 11) is 0. The van der Waals surface area contributed by atoms with E-state index < -0.39 is 6.16 Å². The SMILES string of the molecule is [CH2]C(C)OC(=O)OCCCCC. The molecule has 0 amide bonds. The quantitative estimate of drug-likeness (QED) is 0.473. The number of ether oxygens (including phenoxy) is 2. The van der Waals surface area contributed by atoms with Gasteiger partial charge in [-0.25, -0.2) is 4.79 Å². The first kappa shape index (κ1) is 11.3. The van der Waals surface area contributed by atoms with Gasteiger partial charge in [0.15, 0.2) is 0 Å². The van der Waals surface area contributed by atoms with Gasteiger partial charge in [0.05, 0.1) is 6.61 Å². The zero-order valence-corrected chi connectivity index (χ0v) is 7.84. The van der Waals surface area contributed by atoms with Crippen molar-refractivity contribution in [1.82, 2.24) is 0 Å². The molecule has 0 heterocycles. The fourth-order valence-electron chi connectivity index (χ4n) is 0.706. The minimum Gasteiger partial charge on any atom is -0.434 e. The average Bonchev–Trinajstić information content (AvgIpc) is 1.97. The van der Waals surface area contributed by atoms with Crippen LogP contribution in [-0.2, 0) is 9.47 Å². The molecule has 0 rings (SSSR count). The van der Waals surface area contributed by atoms with E-state index in [-0.39, 0.29) is 6.10 Å². The van der Waals surface area contributed by atoms with Crippen LogP contribution in [-0.4, -0.2) is 18.9 Å². The summed E-state index contributed by atoms with van der Waals surface area (Å²) in [6.45, 7) is 7.73. The Balaban J connectivity index is 3.20. The smallest absolute Gasteiger partial charge is 0.434 e. The van der Waals surface area contributed by atoms with Crippen molar-refractivity contribution < 1.29 is 14.3 Å². The number of rotatable bonds is 5. The van der Waals surface area contributed by atoms with Crippen LogP contribution in [0.25, 0.3) is 0 Å². The molecule has 1 radical (unpaired) electrons. The molecule has 12 heavy (non-hydrogen) atoms. The largest absolute Gasteiger partial charge is 0.508 e. The Morgan fingerprint density at radius 1 is 1.50 bits per heavy atom. The fourth-order valence-corrected chi connectivity index (χ4v) is 0.706. The highest BCUT2D eigenvalue weighted by molar-refractivity contribution is 5.60. The summed E-state index contributed by atoms with van der Waals surface area (Å²) in [6, 6.07) is 0. The van der Waals surface area contributed by atoms with Crippen molar-refractivity contribution in [1.29, 1.82) is 0 Å². The third kappa shape index (κ3) is 7.38. The standard InChI is InChI=1S/C9H17O3/c1-4-5-6-7-11-9(10)12-8(2)3/h8H,2,4-7H2,1,3H3. The van der Waals surface area contributed by atoms with E-state index in [9.17, 15) is 4.79 Å². The predicted molar refractivity (Wildman–Crippen MR) is 46.8 cm³/mol. The van der Waals surface area contributed by atoms with Crippen LogP contribution in [0, 0.1) is 6.92 Å². The number of carbonyl (C=O) groups is 1. The second-order valence-electron chi connectivity index (χ2n) is 2.73. The van der Waals surface area contributed by atoms with Crippen LogP contribution < -0.4 is 0 Å². The molecule has 0 aromatic rings. The van der Waals surface area contributed by atoms with Crippen LogP contribution in [0.15, 0.2) is 0 Å². The van der Waals surface area contributed by atoms with Crippen molar-refractivity contribution in [3.8, 4) is 0 Å². The summed E-state index contributed by atoms with van der Waals surface area (Å²) in [4.78, 5) is 10.7. The van der Waals surface area contributed by atoms with Gasteiger partial charge < -0.3 is 9.47 Å². The van der Waals surface area contributed by atoms with E-state index in [2.05, 4.69) is 18.6 Å². The highest BCUT2D eigenvalue weighted by Gasteiger charge is 2.04. The molecule has 3 nitrogen and oxygen atoms in total.